The van der Waals surface area contributed by atoms with E-state index in [1.54, 1.807) is 0 Å². The Morgan fingerprint density at radius 2 is 1.92 bits per heavy atom. The van der Waals surface area contributed by atoms with Gasteiger partial charge in [0, 0.05) is 19.0 Å². The first-order valence-electron chi connectivity index (χ1n) is 5.20. The summed E-state index contributed by atoms with van der Waals surface area (Å²) in [6.07, 6.45) is 1.06. The minimum absolute atomic E-state index is 0.238. The van der Waals surface area contributed by atoms with Gasteiger partial charge in [0.2, 0.25) is 6.04 Å². The van der Waals surface area contributed by atoms with Crippen LogP contribution in [0.2, 0.25) is 0 Å². The Labute approximate surface area is 81.7 Å². The summed E-state index contributed by atoms with van der Waals surface area (Å²) in [5.41, 5.74) is 0. The van der Waals surface area contributed by atoms with Crippen LogP contribution in [-0.4, -0.2) is 29.6 Å². The van der Waals surface area contributed by atoms with E-state index in [2.05, 4.69) is 37.4 Å². The summed E-state index contributed by atoms with van der Waals surface area (Å²) in [5, 5.41) is 0. The van der Waals surface area contributed by atoms with Crippen molar-refractivity contribution in [3.8, 4) is 0 Å². The predicted octanol–water partition coefficient (Wildman–Crippen LogP) is 2.41. The summed E-state index contributed by atoms with van der Waals surface area (Å²) in [6.45, 7) is 17.2. The molecule has 0 aromatic carbocycles. The monoisotopic (exact) mass is 180 g/mol. The standard InChI is InChI=1S/C11H20N2/c1-8(2)11-10(12-5)6-7-13(11)9(3)4/h8-11H,6-7H2,1-4H3. The first-order chi connectivity index (χ1) is 6.07. The summed E-state index contributed by atoms with van der Waals surface area (Å²) in [4.78, 5) is 6.21. The molecule has 0 N–H and O–H groups in total. The molecule has 0 bridgehead atoms. The molecule has 0 aliphatic carbocycles. The minimum Gasteiger partial charge on any atom is -0.312 e. The van der Waals surface area contributed by atoms with Crippen molar-refractivity contribution in [2.75, 3.05) is 6.54 Å². The Morgan fingerprint density at radius 1 is 1.31 bits per heavy atom. The normalized spacial score (nSPS) is 29.9. The molecule has 0 amide bonds. The molecule has 2 nitrogen and oxygen atoms in total. The van der Waals surface area contributed by atoms with Crippen molar-refractivity contribution < 1.29 is 0 Å². The molecule has 0 aromatic heterocycles. The van der Waals surface area contributed by atoms with Crippen LogP contribution in [0.4, 0.5) is 0 Å². The zero-order chi connectivity index (χ0) is 10.0. The molecule has 1 aliphatic heterocycles. The van der Waals surface area contributed by atoms with Crippen molar-refractivity contribution >= 4 is 0 Å². The van der Waals surface area contributed by atoms with Crippen molar-refractivity contribution in [2.45, 2.75) is 52.2 Å². The van der Waals surface area contributed by atoms with Crippen LogP contribution in [0.15, 0.2) is 0 Å². The van der Waals surface area contributed by atoms with E-state index in [0.29, 0.717) is 18.0 Å². The Bertz CT molecular complexity index is 203. The van der Waals surface area contributed by atoms with E-state index in [0.717, 1.165) is 13.0 Å². The van der Waals surface area contributed by atoms with E-state index in [1.165, 1.54) is 0 Å². The van der Waals surface area contributed by atoms with E-state index in [-0.39, 0.29) is 6.04 Å². The Balaban J connectivity index is 2.74. The van der Waals surface area contributed by atoms with Gasteiger partial charge in [-0.1, -0.05) is 13.8 Å². The Hall–Kier alpha value is -0.550. The van der Waals surface area contributed by atoms with Gasteiger partial charge in [-0.15, -0.1) is 0 Å². The number of hydrogen-bond donors (Lipinski definition) is 0. The summed E-state index contributed by atoms with van der Waals surface area (Å²) in [7, 11) is 0. The van der Waals surface area contributed by atoms with Crippen molar-refractivity contribution in [3.05, 3.63) is 11.4 Å². The molecule has 1 rings (SSSR count). The number of hydrogen-bond acceptors (Lipinski definition) is 1. The Morgan fingerprint density at radius 3 is 2.31 bits per heavy atom. The van der Waals surface area contributed by atoms with E-state index in [9.17, 15) is 0 Å². The van der Waals surface area contributed by atoms with E-state index in [4.69, 9.17) is 6.57 Å². The van der Waals surface area contributed by atoms with Crippen molar-refractivity contribution in [3.63, 3.8) is 0 Å². The summed E-state index contributed by atoms with van der Waals surface area (Å²) < 4.78 is 0. The molecule has 1 heterocycles. The third kappa shape index (κ3) is 2.03. The first kappa shape index (κ1) is 10.5. The highest BCUT2D eigenvalue weighted by molar-refractivity contribution is 5.00. The van der Waals surface area contributed by atoms with E-state index in [1.807, 2.05) is 0 Å². The predicted molar refractivity (Wildman–Crippen MR) is 55.5 cm³/mol. The van der Waals surface area contributed by atoms with Crippen LogP contribution in [-0.2, 0) is 0 Å². The molecule has 2 heteroatoms. The number of nitrogens with zero attached hydrogens (tertiary/aromatic N) is 2. The van der Waals surface area contributed by atoms with Gasteiger partial charge in [0.15, 0.2) is 0 Å². The van der Waals surface area contributed by atoms with Gasteiger partial charge in [-0.3, -0.25) is 4.90 Å². The molecule has 0 radical (unpaired) electrons. The van der Waals surface area contributed by atoms with Crippen LogP contribution in [0, 0.1) is 12.5 Å². The highest BCUT2D eigenvalue weighted by Gasteiger charge is 2.41. The fourth-order valence-electron chi connectivity index (χ4n) is 2.39. The second-order valence-electron chi connectivity index (χ2n) is 4.55. The highest BCUT2D eigenvalue weighted by atomic mass is 15.2. The SMILES string of the molecule is [C-]#[N+]C1CCN(C(C)C)C1C(C)C. The lowest BCUT2D eigenvalue weighted by molar-refractivity contribution is 0.163. The van der Waals surface area contributed by atoms with Gasteiger partial charge in [-0.05, 0) is 19.8 Å². The van der Waals surface area contributed by atoms with Crippen LogP contribution in [0.1, 0.15) is 34.1 Å². The van der Waals surface area contributed by atoms with Crippen molar-refractivity contribution in [1.29, 1.82) is 0 Å². The van der Waals surface area contributed by atoms with E-state index < -0.39 is 0 Å². The third-order valence-electron chi connectivity index (χ3n) is 2.97. The molecule has 2 unspecified atom stereocenters. The van der Waals surface area contributed by atoms with Gasteiger partial charge in [0.05, 0.1) is 6.04 Å². The third-order valence-corrected chi connectivity index (χ3v) is 2.97. The zero-order valence-electron chi connectivity index (χ0n) is 9.12. The fraction of sp³-hybridized carbons (Fsp3) is 0.909. The van der Waals surface area contributed by atoms with Crippen LogP contribution < -0.4 is 0 Å². The summed E-state index contributed by atoms with van der Waals surface area (Å²) >= 11 is 0. The van der Waals surface area contributed by atoms with Gasteiger partial charge in [0.25, 0.3) is 0 Å². The van der Waals surface area contributed by atoms with Crippen LogP contribution >= 0.6 is 0 Å². The zero-order valence-corrected chi connectivity index (χ0v) is 9.12. The molecule has 74 valence electrons. The maximum Gasteiger partial charge on any atom is 0.240 e. The number of rotatable bonds is 2. The number of likely N-dealkylation sites (tertiary alicyclic amines) is 1. The second kappa shape index (κ2) is 4.11. The minimum atomic E-state index is 0.238. The van der Waals surface area contributed by atoms with Gasteiger partial charge in [-0.2, -0.15) is 0 Å². The van der Waals surface area contributed by atoms with Crippen molar-refractivity contribution in [1.82, 2.24) is 4.90 Å². The van der Waals surface area contributed by atoms with Crippen LogP contribution in [0.5, 0.6) is 0 Å². The molecular weight excluding hydrogens is 160 g/mol. The molecular formula is C11H20N2. The molecule has 0 aromatic rings. The molecule has 2 atom stereocenters. The quantitative estimate of drug-likeness (QED) is 0.592. The highest BCUT2D eigenvalue weighted by Crippen LogP contribution is 2.28. The van der Waals surface area contributed by atoms with Gasteiger partial charge >= 0.3 is 0 Å². The molecule has 1 fully saturated rings. The first-order valence-corrected chi connectivity index (χ1v) is 5.20. The van der Waals surface area contributed by atoms with Crippen LogP contribution in [0.3, 0.4) is 0 Å². The maximum atomic E-state index is 7.15. The molecule has 0 spiro atoms. The van der Waals surface area contributed by atoms with Gasteiger partial charge < -0.3 is 4.85 Å². The van der Waals surface area contributed by atoms with Crippen molar-refractivity contribution in [2.24, 2.45) is 5.92 Å². The summed E-state index contributed by atoms with van der Waals surface area (Å²) in [5.74, 6) is 0.601. The van der Waals surface area contributed by atoms with Crippen LogP contribution in [0.25, 0.3) is 4.85 Å². The lowest BCUT2D eigenvalue weighted by Gasteiger charge is -2.30. The molecule has 1 saturated heterocycles. The lowest BCUT2D eigenvalue weighted by atomic mass is 9.97. The average molecular weight is 180 g/mol. The van der Waals surface area contributed by atoms with Gasteiger partial charge in [-0.25, -0.2) is 6.57 Å². The largest absolute Gasteiger partial charge is 0.312 e. The molecule has 0 saturated carbocycles. The molecule has 1 aliphatic rings. The summed E-state index contributed by atoms with van der Waals surface area (Å²) in [6, 6.07) is 1.30. The maximum absolute atomic E-state index is 7.15. The average Bonchev–Trinajstić information content (AvgIpc) is 2.46. The molecule has 13 heavy (non-hydrogen) atoms. The lowest BCUT2D eigenvalue weighted by Crippen LogP contribution is -2.42. The van der Waals surface area contributed by atoms with E-state index >= 15 is 0 Å². The Kier molecular flexibility index (Phi) is 3.33. The smallest absolute Gasteiger partial charge is 0.240 e. The second-order valence-corrected chi connectivity index (χ2v) is 4.55. The topological polar surface area (TPSA) is 7.60 Å². The van der Waals surface area contributed by atoms with Gasteiger partial charge in [0.1, 0.15) is 0 Å². The fourth-order valence-corrected chi connectivity index (χ4v) is 2.39.